The first-order valence-electron chi connectivity index (χ1n) is 0.667. The van der Waals surface area contributed by atoms with Crippen LogP contribution in [0.25, 0.3) is 0 Å². The molecule has 0 bridgehead atoms. The SMILES string of the molecule is [Cs+].[Li+].[O]=[W](=[O])([O-])[O-]. The molecule has 0 aromatic rings. The second-order valence-electron chi connectivity index (χ2n) is 0.408. The van der Waals surface area contributed by atoms with Crippen LogP contribution in [0.2, 0.25) is 0 Å². The average molecular weight is 388 g/mol. The number of hydrogen-bond acceptors (Lipinski definition) is 4. The average Bonchev–Trinajstić information content (AvgIpc) is 0.722. The molecule has 0 aliphatic rings. The maximum atomic E-state index is 8.65. The molecule has 0 aromatic heterocycles. The fourth-order valence-corrected chi connectivity index (χ4v) is 0. The summed E-state index contributed by atoms with van der Waals surface area (Å²) in [5.74, 6) is 0. The fraction of sp³-hybridized carbons (Fsp3) is 0. The molecule has 0 aliphatic carbocycles. The van der Waals surface area contributed by atoms with Gasteiger partial charge in [0.1, 0.15) is 0 Å². The van der Waals surface area contributed by atoms with E-state index in [-0.39, 0.29) is 87.8 Å². The van der Waals surface area contributed by atoms with Crippen LogP contribution in [0.3, 0.4) is 0 Å². The summed E-state index contributed by atoms with van der Waals surface area (Å²) in [6.45, 7) is 0. The normalized spacial score (nSPS) is 8.29. The Kier molecular flexibility index (Phi) is 16.4. The van der Waals surface area contributed by atoms with Gasteiger partial charge in [0.05, 0.1) is 0 Å². The van der Waals surface area contributed by atoms with E-state index in [0.717, 1.165) is 0 Å². The Morgan fingerprint density at radius 1 is 1.14 bits per heavy atom. The molecule has 0 fully saturated rings. The predicted molar refractivity (Wildman–Crippen MR) is 1.37 cm³/mol. The molecular formula is CsLiO4W. The molecule has 0 amide bonds. The van der Waals surface area contributed by atoms with Gasteiger partial charge in [0, 0.05) is 0 Å². The molecular weight excluding hydrogens is 388 g/mol. The van der Waals surface area contributed by atoms with E-state index in [1.54, 1.807) is 0 Å². The molecule has 7 heteroatoms. The predicted octanol–water partition coefficient (Wildman–Crippen LogP) is -8.61. The zero-order chi connectivity index (χ0) is 4.50. The zero-order valence-corrected chi connectivity index (χ0v) is 13.3. The van der Waals surface area contributed by atoms with E-state index >= 15 is 0 Å². The second kappa shape index (κ2) is 6.97. The summed E-state index contributed by atoms with van der Waals surface area (Å²) in [4.78, 5) is 0. The van der Waals surface area contributed by atoms with Crippen LogP contribution in [0.15, 0.2) is 0 Å². The zero-order valence-electron chi connectivity index (χ0n) is 4.04. The van der Waals surface area contributed by atoms with Crippen LogP contribution in [-0.4, -0.2) is 0 Å². The summed E-state index contributed by atoms with van der Waals surface area (Å²) >= 11 is -6.17. The standard InChI is InChI=1S/Cs.Li.4O.W/q2*+1;;;2*-1;. The minimum absolute atomic E-state index is 0. The molecule has 7 heavy (non-hydrogen) atoms. The van der Waals surface area contributed by atoms with E-state index in [0.29, 0.717) is 0 Å². The van der Waals surface area contributed by atoms with Gasteiger partial charge in [-0.05, 0) is 0 Å². The molecule has 0 N–H and O–H groups in total. The Hall–Kier alpha value is 2.86. The third-order valence-corrected chi connectivity index (χ3v) is 0. The van der Waals surface area contributed by atoms with Crippen LogP contribution in [0, 0.1) is 0 Å². The van der Waals surface area contributed by atoms with Crippen molar-refractivity contribution >= 4 is 0 Å². The van der Waals surface area contributed by atoms with Crippen LogP contribution < -0.4 is 95.3 Å². The van der Waals surface area contributed by atoms with Crippen molar-refractivity contribution in [2.75, 3.05) is 0 Å². The molecule has 0 unspecified atom stereocenters. The third kappa shape index (κ3) is 51.0. The molecule has 32 valence electrons. The molecule has 0 aliphatic heterocycles. The topological polar surface area (TPSA) is 80.3 Å². The van der Waals surface area contributed by atoms with E-state index < -0.39 is 16.7 Å². The summed E-state index contributed by atoms with van der Waals surface area (Å²) < 4.78 is 34.6. The van der Waals surface area contributed by atoms with Crippen molar-refractivity contribution in [2.45, 2.75) is 0 Å². The van der Waals surface area contributed by atoms with Gasteiger partial charge in [-0.1, -0.05) is 0 Å². The Morgan fingerprint density at radius 2 is 1.14 bits per heavy atom. The van der Waals surface area contributed by atoms with Crippen LogP contribution in [0.1, 0.15) is 0 Å². The van der Waals surface area contributed by atoms with Gasteiger partial charge in [-0.3, -0.25) is 0 Å². The Bertz CT molecular complexity index is 94.9. The van der Waals surface area contributed by atoms with Gasteiger partial charge in [-0.15, -0.1) is 0 Å². The first kappa shape index (κ1) is 16.4. The van der Waals surface area contributed by atoms with Crippen molar-refractivity contribution in [3.8, 4) is 0 Å². The summed E-state index contributed by atoms with van der Waals surface area (Å²) in [5, 5.41) is 0. The summed E-state index contributed by atoms with van der Waals surface area (Å²) in [6, 6.07) is 0. The molecule has 0 saturated heterocycles. The number of hydrogen-bond donors (Lipinski definition) is 0. The fourth-order valence-electron chi connectivity index (χ4n) is 0. The van der Waals surface area contributed by atoms with Gasteiger partial charge in [0.15, 0.2) is 0 Å². The van der Waals surface area contributed by atoms with Crippen molar-refractivity contribution in [3.63, 3.8) is 0 Å². The van der Waals surface area contributed by atoms with E-state index in [9.17, 15) is 0 Å². The van der Waals surface area contributed by atoms with Gasteiger partial charge < -0.3 is 0 Å². The van der Waals surface area contributed by atoms with Crippen molar-refractivity contribution in [3.05, 3.63) is 0 Å². The molecule has 0 saturated carbocycles. The molecule has 0 aromatic carbocycles. The Morgan fingerprint density at radius 3 is 1.14 bits per heavy atom. The molecule has 0 heterocycles. The summed E-state index contributed by atoms with van der Waals surface area (Å²) in [6.07, 6.45) is 0. The van der Waals surface area contributed by atoms with Crippen molar-refractivity contribution in [2.24, 2.45) is 0 Å². The van der Waals surface area contributed by atoms with Crippen molar-refractivity contribution < 1.29 is 119 Å². The van der Waals surface area contributed by atoms with E-state index in [1.807, 2.05) is 0 Å². The maximum absolute atomic E-state index is 8.65. The van der Waals surface area contributed by atoms with Gasteiger partial charge in [-0.25, -0.2) is 0 Å². The van der Waals surface area contributed by atoms with Gasteiger partial charge in [0.25, 0.3) is 0 Å². The monoisotopic (exact) mass is 388 g/mol. The van der Waals surface area contributed by atoms with Crippen LogP contribution in [-0.2, 0) is 23.5 Å². The quantitative estimate of drug-likeness (QED) is 0.387. The van der Waals surface area contributed by atoms with E-state index in [4.69, 9.17) is 14.3 Å². The van der Waals surface area contributed by atoms with Gasteiger partial charge in [-0.2, -0.15) is 0 Å². The summed E-state index contributed by atoms with van der Waals surface area (Å²) in [5.41, 5.74) is 0. The molecule has 4 nitrogen and oxygen atoms in total. The summed E-state index contributed by atoms with van der Waals surface area (Å²) in [7, 11) is 0. The minimum atomic E-state index is -6.17. The number of rotatable bonds is 0. The first-order valence-corrected chi connectivity index (χ1v) is 5.46. The van der Waals surface area contributed by atoms with Crippen LogP contribution in [0.4, 0.5) is 0 Å². The second-order valence-corrected chi connectivity index (χ2v) is 3.34. The molecule has 0 atom stereocenters. The van der Waals surface area contributed by atoms with Gasteiger partial charge >= 0.3 is 119 Å². The Balaban J connectivity index is -0.0000000800. The van der Waals surface area contributed by atoms with Crippen molar-refractivity contribution in [1.29, 1.82) is 0 Å². The van der Waals surface area contributed by atoms with E-state index in [2.05, 4.69) is 0 Å². The van der Waals surface area contributed by atoms with Gasteiger partial charge in [0.2, 0.25) is 0 Å². The molecule has 0 rings (SSSR count). The Labute approximate surface area is 115 Å². The first-order chi connectivity index (χ1) is 2.00. The van der Waals surface area contributed by atoms with E-state index in [1.165, 1.54) is 0 Å². The van der Waals surface area contributed by atoms with Crippen LogP contribution >= 0.6 is 0 Å². The third-order valence-electron chi connectivity index (χ3n) is 0. The molecule has 0 radical (unpaired) electrons. The van der Waals surface area contributed by atoms with Crippen LogP contribution in [0.5, 0.6) is 0 Å². The van der Waals surface area contributed by atoms with Crippen molar-refractivity contribution in [1.82, 2.24) is 0 Å². The molecule has 0 spiro atoms.